The van der Waals surface area contributed by atoms with Crippen molar-refractivity contribution in [2.24, 2.45) is 10.8 Å². The Labute approximate surface area is 92.7 Å². The first-order chi connectivity index (χ1) is 6.83. The van der Waals surface area contributed by atoms with Crippen molar-refractivity contribution >= 4 is 10.0 Å². The topological polar surface area (TPSA) is 46.2 Å². The first kappa shape index (κ1) is 11.4. The van der Waals surface area contributed by atoms with Crippen molar-refractivity contribution in [2.45, 2.75) is 52.5 Å². The summed E-state index contributed by atoms with van der Waals surface area (Å²) in [6.45, 7) is 6.53. The second kappa shape index (κ2) is 3.20. The molecule has 2 atom stereocenters. The Morgan fingerprint density at radius 2 is 2.00 bits per heavy atom. The molecule has 88 valence electrons. The third kappa shape index (κ3) is 1.53. The maximum absolute atomic E-state index is 11.7. The van der Waals surface area contributed by atoms with E-state index in [1.807, 2.05) is 0 Å². The van der Waals surface area contributed by atoms with E-state index in [1.165, 1.54) is 6.42 Å². The number of nitrogens with one attached hydrogen (secondary N) is 1. The SMILES string of the molecule is CC[C@@H]1NS(=O)(=O)C[C@@]12CCCC2(C)C. The molecule has 1 saturated carbocycles. The molecule has 0 amide bonds. The van der Waals surface area contributed by atoms with Crippen LogP contribution in [0.2, 0.25) is 0 Å². The number of hydrogen-bond donors (Lipinski definition) is 1. The molecule has 3 nitrogen and oxygen atoms in total. The summed E-state index contributed by atoms with van der Waals surface area (Å²) < 4.78 is 26.3. The summed E-state index contributed by atoms with van der Waals surface area (Å²) in [5.41, 5.74) is 0.144. The summed E-state index contributed by atoms with van der Waals surface area (Å²) in [6.07, 6.45) is 4.29. The van der Waals surface area contributed by atoms with Crippen molar-refractivity contribution in [3.8, 4) is 0 Å². The molecule has 0 radical (unpaired) electrons. The van der Waals surface area contributed by atoms with Gasteiger partial charge < -0.3 is 0 Å². The molecule has 1 saturated heterocycles. The predicted molar refractivity (Wildman–Crippen MR) is 61.1 cm³/mol. The van der Waals surface area contributed by atoms with Gasteiger partial charge in [-0.25, -0.2) is 13.1 Å². The Morgan fingerprint density at radius 3 is 2.47 bits per heavy atom. The molecule has 2 aliphatic rings. The molecule has 1 spiro atoms. The molecule has 15 heavy (non-hydrogen) atoms. The van der Waals surface area contributed by atoms with Gasteiger partial charge in [0.15, 0.2) is 0 Å². The minimum atomic E-state index is -3.02. The van der Waals surface area contributed by atoms with Crippen LogP contribution in [0.1, 0.15) is 46.5 Å². The van der Waals surface area contributed by atoms with E-state index in [2.05, 4.69) is 25.5 Å². The van der Waals surface area contributed by atoms with E-state index in [1.54, 1.807) is 0 Å². The van der Waals surface area contributed by atoms with Crippen molar-refractivity contribution in [2.75, 3.05) is 5.75 Å². The molecular weight excluding hydrogens is 210 g/mol. The van der Waals surface area contributed by atoms with E-state index in [4.69, 9.17) is 0 Å². The van der Waals surface area contributed by atoms with Crippen molar-refractivity contribution in [3.05, 3.63) is 0 Å². The zero-order valence-electron chi connectivity index (χ0n) is 9.84. The summed E-state index contributed by atoms with van der Waals surface area (Å²) in [6, 6.07) is 0.153. The van der Waals surface area contributed by atoms with Crippen molar-refractivity contribution in [3.63, 3.8) is 0 Å². The monoisotopic (exact) mass is 231 g/mol. The quantitative estimate of drug-likeness (QED) is 0.749. The van der Waals surface area contributed by atoms with E-state index in [0.717, 1.165) is 19.3 Å². The highest BCUT2D eigenvalue weighted by atomic mass is 32.2. The Hall–Kier alpha value is -0.0900. The lowest BCUT2D eigenvalue weighted by molar-refractivity contribution is 0.104. The molecule has 0 aromatic carbocycles. The van der Waals surface area contributed by atoms with Gasteiger partial charge in [0.25, 0.3) is 0 Å². The fraction of sp³-hybridized carbons (Fsp3) is 1.00. The van der Waals surface area contributed by atoms with Crippen LogP contribution in [0.3, 0.4) is 0 Å². The van der Waals surface area contributed by atoms with Gasteiger partial charge in [0.2, 0.25) is 10.0 Å². The van der Waals surface area contributed by atoms with Crippen LogP contribution < -0.4 is 4.72 Å². The average molecular weight is 231 g/mol. The smallest absolute Gasteiger partial charge is 0.212 e. The van der Waals surface area contributed by atoms with Gasteiger partial charge in [-0.1, -0.05) is 27.2 Å². The van der Waals surface area contributed by atoms with Gasteiger partial charge in [0.05, 0.1) is 5.75 Å². The normalized spacial score (nSPS) is 42.5. The molecule has 2 fully saturated rings. The van der Waals surface area contributed by atoms with E-state index < -0.39 is 10.0 Å². The first-order valence-corrected chi connectivity index (χ1v) is 7.48. The minimum Gasteiger partial charge on any atom is -0.212 e. The molecule has 0 aromatic rings. The molecule has 0 bridgehead atoms. The van der Waals surface area contributed by atoms with Crippen LogP contribution in [0, 0.1) is 10.8 Å². The van der Waals surface area contributed by atoms with Crippen LogP contribution in [0.5, 0.6) is 0 Å². The van der Waals surface area contributed by atoms with Crippen molar-refractivity contribution in [1.29, 1.82) is 0 Å². The summed E-state index contributed by atoms with van der Waals surface area (Å²) >= 11 is 0. The molecule has 1 N–H and O–H groups in total. The van der Waals surface area contributed by atoms with Crippen molar-refractivity contribution in [1.82, 2.24) is 4.72 Å². The molecule has 1 heterocycles. The molecule has 1 aliphatic carbocycles. The van der Waals surface area contributed by atoms with E-state index in [-0.39, 0.29) is 16.9 Å². The lowest BCUT2D eigenvalue weighted by atomic mass is 9.64. The van der Waals surface area contributed by atoms with Gasteiger partial charge in [-0.2, -0.15) is 0 Å². The van der Waals surface area contributed by atoms with Crippen LogP contribution >= 0.6 is 0 Å². The van der Waals surface area contributed by atoms with Crippen molar-refractivity contribution < 1.29 is 8.42 Å². The molecule has 2 rings (SSSR count). The summed E-state index contributed by atoms with van der Waals surface area (Å²) in [7, 11) is -3.02. The predicted octanol–water partition coefficient (Wildman–Crippen LogP) is 1.89. The molecular formula is C11H21NO2S. The van der Waals surface area contributed by atoms with E-state index >= 15 is 0 Å². The lowest BCUT2D eigenvalue weighted by Crippen LogP contribution is -2.44. The van der Waals surface area contributed by atoms with Gasteiger partial charge in [0, 0.05) is 11.5 Å². The van der Waals surface area contributed by atoms with E-state index in [0.29, 0.717) is 5.75 Å². The third-order valence-corrected chi connectivity index (χ3v) is 6.16. The molecule has 1 aliphatic heterocycles. The zero-order chi connectivity index (χ0) is 11.3. The number of sulfonamides is 1. The molecule has 4 heteroatoms. The van der Waals surface area contributed by atoms with E-state index in [9.17, 15) is 8.42 Å². The number of rotatable bonds is 1. The largest absolute Gasteiger partial charge is 0.212 e. The zero-order valence-corrected chi connectivity index (χ0v) is 10.7. The van der Waals surface area contributed by atoms with Gasteiger partial charge in [0.1, 0.15) is 0 Å². The summed E-state index contributed by atoms with van der Waals surface area (Å²) in [4.78, 5) is 0. The second-order valence-corrected chi connectivity index (χ2v) is 7.49. The number of hydrogen-bond acceptors (Lipinski definition) is 2. The van der Waals surface area contributed by atoms with Crippen LogP contribution in [0.15, 0.2) is 0 Å². The van der Waals surface area contributed by atoms with Crippen LogP contribution in [-0.4, -0.2) is 20.2 Å². The maximum Gasteiger partial charge on any atom is 0.212 e. The highest BCUT2D eigenvalue weighted by molar-refractivity contribution is 7.89. The third-order valence-electron chi connectivity index (χ3n) is 4.62. The Balaban J connectivity index is 2.43. The first-order valence-electron chi connectivity index (χ1n) is 5.83. The molecule has 0 aromatic heterocycles. The minimum absolute atomic E-state index is 0.0133. The Bertz CT molecular complexity index is 361. The average Bonchev–Trinajstić information content (AvgIpc) is 2.52. The van der Waals surface area contributed by atoms with Gasteiger partial charge in [-0.05, 0) is 24.7 Å². The van der Waals surface area contributed by atoms with Crippen LogP contribution in [0.4, 0.5) is 0 Å². The Kier molecular flexibility index (Phi) is 2.43. The highest BCUT2D eigenvalue weighted by Crippen LogP contribution is 2.57. The summed E-state index contributed by atoms with van der Waals surface area (Å²) in [5.74, 6) is 0.339. The maximum atomic E-state index is 11.7. The standard InChI is InChI=1S/C11H21NO2S/c1-4-9-11(8-15(13,14)12-9)7-5-6-10(11,2)3/h9,12H,4-8H2,1-3H3/t9-,11-/m0/s1. The highest BCUT2D eigenvalue weighted by Gasteiger charge is 2.59. The fourth-order valence-electron chi connectivity index (χ4n) is 3.63. The molecule has 0 unspecified atom stereocenters. The fourth-order valence-corrected chi connectivity index (χ4v) is 5.96. The lowest BCUT2D eigenvalue weighted by Gasteiger charge is -2.41. The van der Waals surface area contributed by atoms with Crippen LogP contribution in [0.25, 0.3) is 0 Å². The van der Waals surface area contributed by atoms with Gasteiger partial charge >= 0.3 is 0 Å². The Morgan fingerprint density at radius 1 is 1.33 bits per heavy atom. The summed E-state index contributed by atoms with van der Waals surface area (Å²) in [5, 5.41) is 0. The van der Waals surface area contributed by atoms with Gasteiger partial charge in [-0.3, -0.25) is 0 Å². The second-order valence-electron chi connectivity index (χ2n) is 5.73. The van der Waals surface area contributed by atoms with Gasteiger partial charge in [-0.15, -0.1) is 0 Å². The van der Waals surface area contributed by atoms with Crippen LogP contribution in [-0.2, 0) is 10.0 Å².